The standard InChI is InChI=1S/C28H43N3O3Si/c1-20(33-23-15-13-22(14-16-23)26(29)32)30(5)25(21-11-9-8-10-12-21)19-31-18-17-24(28(2,3)4)27(31)34-35(6)7/h8-16,20,24-25,27,35H,17-19H2,1-7H3,(H2,29,32). The molecule has 1 aliphatic heterocycles. The lowest BCUT2D eigenvalue weighted by Gasteiger charge is -2.40. The second-order valence-electron chi connectivity index (χ2n) is 11.0. The minimum absolute atomic E-state index is 0.134. The number of carbonyl (C=O) groups excluding carboxylic acids is 1. The molecule has 1 saturated heterocycles. The van der Waals surface area contributed by atoms with E-state index in [4.69, 9.17) is 14.9 Å². The Balaban J connectivity index is 1.81. The summed E-state index contributed by atoms with van der Waals surface area (Å²) in [6.45, 7) is 15.5. The number of nitrogens with two attached hydrogens (primary N) is 1. The Kier molecular flexibility index (Phi) is 9.15. The molecule has 3 rings (SSSR count). The van der Waals surface area contributed by atoms with Crippen molar-refractivity contribution in [1.29, 1.82) is 0 Å². The maximum Gasteiger partial charge on any atom is 0.248 e. The number of likely N-dealkylation sites (N-methyl/N-ethyl adjacent to an activating group) is 1. The van der Waals surface area contributed by atoms with Crippen LogP contribution < -0.4 is 10.5 Å². The molecule has 1 aliphatic rings. The van der Waals surface area contributed by atoms with Gasteiger partial charge >= 0.3 is 0 Å². The van der Waals surface area contributed by atoms with Crippen molar-refractivity contribution in [3.63, 3.8) is 0 Å². The van der Waals surface area contributed by atoms with Gasteiger partial charge in [-0.25, -0.2) is 0 Å². The smallest absolute Gasteiger partial charge is 0.248 e. The lowest BCUT2D eigenvalue weighted by molar-refractivity contribution is -0.0345. The summed E-state index contributed by atoms with van der Waals surface area (Å²) in [5, 5.41) is 0. The number of carbonyl (C=O) groups is 1. The third-order valence-corrected chi connectivity index (χ3v) is 7.88. The topological polar surface area (TPSA) is 68.0 Å². The molecule has 192 valence electrons. The third-order valence-electron chi connectivity index (χ3n) is 7.06. The normalized spacial score (nSPS) is 20.8. The molecule has 2 aromatic carbocycles. The van der Waals surface area contributed by atoms with Crippen LogP contribution in [0, 0.1) is 11.3 Å². The molecular formula is C28H43N3O3Si. The Morgan fingerprint density at radius 2 is 1.77 bits per heavy atom. The molecule has 4 atom stereocenters. The molecule has 1 fully saturated rings. The first-order chi connectivity index (χ1) is 16.5. The summed E-state index contributed by atoms with van der Waals surface area (Å²) in [4.78, 5) is 16.2. The van der Waals surface area contributed by atoms with Crippen LogP contribution in [0.25, 0.3) is 0 Å². The quantitative estimate of drug-likeness (QED) is 0.374. The highest BCUT2D eigenvalue weighted by atomic mass is 28.3. The monoisotopic (exact) mass is 497 g/mol. The molecule has 0 spiro atoms. The van der Waals surface area contributed by atoms with E-state index in [9.17, 15) is 4.79 Å². The van der Waals surface area contributed by atoms with Gasteiger partial charge in [0.05, 0.1) is 6.04 Å². The maximum absolute atomic E-state index is 11.4. The average Bonchev–Trinajstić information content (AvgIpc) is 3.20. The minimum atomic E-state index is -1.21. The number of benzene rings is 2. The van der Waals surface area contributed by atoms with E-state index in [0.29, 0.717) is 17.2 Å². The molecular weight excluding hydrogens is 454 g/mol. The highest BCUT2D eigenvalue weighted by molar-refractivity contribution is 6.48. The zero-order valence-corrected chi connectivity index (χ0v) is 23.6. The molecule has 0 saturated carbocycles. The molecule has 1 amide bonds. The van der Waals surface area contributed by atoms with Crippen LogP contribution in [0.4, 0.5) is 0 Å². The summed E-state index contributed by atoms with van der Waals surface area (Å²) in [6, 6.07) is 17.8. The van der Waals surface area contributed by atoms with Crippen LogP contribution in [0.1, 0.15) is 56.1 Å². The van der Waals surface area contributed by atoms with Gasteiger partial charge in [0.2, 0.25) is 5.91 Å². The van der Waals surface area contributed by atoms with Crippen LogP contribution in [0.2, 0.25) is 13.1 Å². The SMILES string of the molecule is CC(Oc1ccc(C(N)=O)cc1)N(C)C(CN1CCC(C(C)(C)C)C1O[SiH](C)C)c1ccccc1. The number of ether oxygens (including phenoxy) is 1. The van der Waals surface area contributed by atoms with Crippen molar-refractivity contribution >= 4 is 14.9 Å². The average molecular weight is 498 g/mol. The summed E-state index contributed by atoms with van der Waals surface area (Å²) < 4.78 is 12.9. The first-order valence-electron chi connectivity index (χ1n) is 12.7. The van der Waals surface area contributed by atoms with Gasteiger partial charge in [-0.1, -0.05) is 51.1 Å². The van der Waals surface area contributed by atoms with Crippen LogP contribution in [-0.2, 0) is 4.43 Å². The molecule has 7 heteroatoms. The fourth-order valence-corrected chi connectivity index (χ4v) is 5.86. The van der Waals surface area contributed by atoms with Gasteiger partial charge in [-0.3, -0.25) is 14.6 Å². The van der Waals surface area contributed by atoms with E-state index in [0.717, 1.165) is 19.5 Å². The van der Waals surface area contributed by atoms with E-state index in [1.807, 2.05) is 0 Å². The predicted molar refractivity (Wildman–Crippen MR) is 145 cm³/mol. The number of likely N-dealkylation sites (tertiary alicyclic amines) is 1. The molecule has 2 N–H and O–H groups in total. The third kappa shape index (κ3) is 7.16. The van der Waals surface area contributed by atoms with Crippen LogP contribution in [0.5, 0.6) is 5.75 Å². The summed E-state index contributed by atoms with van der Waals surface area (Å²) in [7, 11) is 0.908. The van der Waals surface area contributed by atoms with Crippen LogP contribution in [-0.4, -0.2) is 57.3 Å². The number of hydrogen-bond donors (Lipinski definition) is 1. The number of hydrogen-bond acceptors (Lipinski definition) is 5. The fourth-order valence-electron chi connectivity index (χ4n) is 4.94. The predicted octanol–water partition coefficient (Wildman–Crippen LogP) is 4.88. The van der Waals surface area contributed by atoms with Crippen molar-refractivity contribution in [2.75, 3.05) is 20.1 Å². The zero-order valence-electron chi connectivity index (χ0n) is 22.4. The van der Waals surface area contributed by atoms with Crippen LogP contribution in [0.15, 0.2) is 54.6 Å². The van der Waals surface area contributed by atoms with Crippen molar-refractivity contribution in [3.8, 4) is 5.75 Å². The molecule has 35 heavy (non-hydrogen) atoms. The van der Waals surface area contributed by atoms with Crippen molar-refractivity contribution in [1.82, 2.24) is 9.80 Å². The van der Waals surface area contributed by atoms with Gasteiger partial charge in [-0.15, -0.1) is 0 Å². The van der Waals surface area contributed by atoms with Crippen molar-refractivity contribution in [3.05, 3.63) is 65.7 Å². The summed E-state index contributed by atoms with van der Waals surface area (Å²) in [6.07, 6.45) is 1.12. The molecule has 0 bridgehead atoms. The van der Waals surface area contributed by atoms with E-state index in [1.165, 1.54) is 5.56 Å². The van der Waals surface area contributed by atoms with E-state index in [2.05, 4.69) is 88.0 Å². The number of nitrogens with zero attached hydrogens (tertiary/aromatic N) is 2. The summed E-state index contributed by atoms with van der Waals surface area (Å²) in [5.41, 5.74) is 7.30. The van der Waals surface area contributed by atoms with Crippen molar-refractivity contribution in [2.24, 2.45) is 17.1 Å². The second kappa shape index (κ2) is 11.7. The lowest BCUT2D eigenvalue weighted by Crippen LogP contribution is -2.47. The van der Waals surface area contributed by atoms with Gasteiger partial charge in [0.1, 0.15) is 18.2 Å². The van der Waals surface area contributed by atoms with Gasteiger partial charge in [0.15, 0.2) is 9.04 Å². The molecule has 6 nitrogen and oxygen atoms in total. The van der Waals surface area contributed by atoms with E-state index in [1.54, 1.807) is 24.3 Å². The molecule has 0 radical (unpaired) electrons. The van der Waals surface area contributed by atoms with E-state index >= 15 is 0 Å². The molecule has 1 heterocycles. The van der Waals surface area contributed by atoms with Gasteiger partial charge in [0, 0.05) is 24.6 Å². The van der Waals surface area contributed by atoms with Crippen molar-refractivity contribution in [2.45, 2.75) is 65.7 Å². The largest absolute Gasteiger partial charge is 0.475 e. The Bertz CT molecular complexity index is 946. The highest BCUT2D eigenvalue weighted by Gasteiger charge is 2.43. The number of primary amides is 1. The molecule has 4 unspecified atom stereocenters. The molecule has 0 aromatic heterocycles. The van der Waals surface area contributed by atoms with Gasteiger partial charge in [-0.05, 0) is 68.7 Å². The Morgan fingerprint density at radius 3 is 2.31 bits per heavy atom. The molecule has 0 aliphatic carbocycles. The van der Waals surface area contributed by atoms with Gasteiger partial charge in [0.25, 0.3) is 0 Å². The maximum atomic E-state index is 11.4. The first kappa shape index (κ1) is 27.4. The van der Waals surface area contributed by atoms with Gasteiger partial charge in [-0.2, -0.15) is 0 Å². The Labute approximate surface area is 213 Å². The Hall–Kier alpha value is -2.19. The lowest BCUT2D eigenvalue weighted by atomic mass is 9.79. The zero-order chi connectivity index (χ0) is 25.8. The fraction of sp³-hybridized carbons (Fsp3) is 0.536. The van der Waals surface area contributed by atoms with Crippen molar-refractivity contribution < 1.29 is 14.0 Å². The first-order valence-corrected chi connectivity index (χ1v) is 15.5. The minimum Gasteiger partial charge on any atom is -0.475 e. The number of rotatable bonds is 10. The van der Waals surface area contributed by atoms with E-state index in [-0.39, 0.29) is 23.9 Å². The van der Waals surface area contributed by atoms with Gasteiger partial charge < -0.3 is 14.9 Å². The highest BCUT2D eigenvalue weighted by Crippen LogP contribution is 2.40. The number of amides is 1. The second-order valence-corrected chi connectivity index (χ2v) is 13.4. The van der Waals surface area contributed by atoms with Crippen LogP contribution in [0.3, 0.4) is 0 Å². The van der Waals surface area contributed by atoms with E-state index < -0.39 is 14.9 Å². The summed E-state index contributed by atoms with van der Waals surface area (Å²) in [5.74, 6) is 0.782. The summed E-state index contributed by atoms with van der Waals surface area (Å²) >= 11 is 0. The Morgan fingerprint density at radius 1 is 1.14 bits per heavy atom. The molecule has 2 aromatic rings. The van der Waals surface area contributed by atoms with Crippen LogP contribution >= 0.6 is 0 Å².